The minimum atomic E-state index is -0.219. The summed E-state index contributed by atoms with van der Waals surface area (Å²) in [5.41, 5.74) is -0.219. The van der Waals surface area contributed by atoms with E-state index in [9.17, 15) is 0 Å². The van der Waals surface area contributed by atoms with Crippen molar-refractivity contribution in [3.8, 4) is 12.3 Å². The lowest BCUT2D eigenvalue weighted by Crippen LogP contribution is -2.34. The van der Waals surface area contributed by atoms with Crippen molar-refractivity contribution in [3.05, 3.63) is 0 Å². The summed E-state index contributed by atoms with van der Waals surface area (Å²) in [4.78, 5) is 2.53. The fourth-order valence-electron chi connectivity index (χ4n) is 3.02. The molecule has 1 heterocycles. The summed E-state index contributed by atoms with van der Waals surface area (Å²) in [6, 6.07) is 0. The van der Waals surface area contributed by atoms with Crippen LogP contribution in [0.2, 0.25) is 0 Å². The summed E-state index contributed by atoms with van der Waals surface area (Å²) in [6.45, 7) is 4.57. The van der Waals surface area contributed by atoms with Crippen LogP contribution in [-0.4, -0.2) is 36.7 Å². The molecule has 0 bridgehead atoms. The van der Waals surface area contributed by atoms with Crippen LogP contribution in [-0.2, 0) is 4.74 Å². The van der Waals surface area contributed by atoms with Crippen molar-refractivity contribution >= 4 is 0 Å². The van der Waals surface area contributed by atoms with Crippen molar-refractivity contribution in [3.63, 3.8) is 0 Å². The lowest BCUT2D eigenvalue weighted by molar-refractivity contribution is -0.0286. The van der Waals surface area contributed by atoms with E-state index >= 15 is 0 Å². The van der Waals surface area contributed by atoms with Gasteiger partial charge in [0, 0.05) is 13.2 Å². The summed E-state index contributed by atoms with van der Waals surface area (Å²) >= 11 is 0. The molecule has 0 aromatic carbocycles. The van der Waals surface area contributed by atoms with Crippen LogP contribution in [0.15, 0.2) is 0 Å². The Balaban J connectivity index is 1.64. The Hall–Kier alpha value is -0.520. The molecule has 0 aromatic rings. The lowest BCUT2D eigenvalue weighted by atomic mass is 9.85. The first-order chi connectivity index (χ1) is 8.35. The number of terminal acetylenes is 1. The van der Waals surface area contributed by atoms with Crippen LogP contribution >= 0.6 is 0 Å². The zero-order valence-electron chi connectivity index (χ0n) is 10.9. The van der Waals surface area contributed by atoms with Crippen LogP contribution in [0.1, 0.15) is 51.4 Å². The van der Waals surface area contributed by atoms with E-state index in [4.69, 9.17) is 11.2 Å². The predicted octanol–water partition coefficient (Wildman–Crippen LogP) is 2.83. The molecule has 0 unspecified atom stereocenters. The summed E-state index contributed by atoms with van der Waals surface area (Å²) in [5.74, 6) is 2.91. The highest BCUT2D eigenvalue weighted by Gasteiger charge is 2.30. The second kappa shape index (κ2) is 6.42. The van der Waals surface area contributed by atoms with E-state index in [1.807, 2.05) is 0 Å². The number of likely N-dealkylation sites (tertiary alicyclic amines) is 1. The van der Waals surface area contributed by atoms with Crippen LogP contribution < -0.4 is 0 Å². The molecule has 1 saturated carbocycles. The highest BCUT2D eigenvalue weighted by atomic mass is 16.5. The van der Waals surface area contributed by atoms with Crippen molar-refractivity contribution in [1.82, 2.24) is 4.90 Å². The van der Waals surface area contributed by atoms with Crippen LogP contribution in [0.4, 0.5) is 0 Å². The summed E-state index contributed by atoms with van der Waals surface area (Å²) in [5, 5.41) is 0. The van der Waals surface area contributed by atoms with Crippen molar-refractivity contribution in [2.45, 2.75) is 57.0 Å². The van der Waals surface area contributed by atoms with Crippen molar-refractivity contribution < 1.29 is 4.74 Å². The lowest BCUT2D eigenvalue weighted by Gasteiger charge is -2.32. The maximum absolute atomic E-state index is 6.02. The maximum atomic E-state index is 6.02. The van der Waals surface area contributed by atoms with Crippen molar-refractivity contribution in [2.75, 3.05) is 26.2 Å². The molecule has 0 amide bonds. The number of ether oxygens (including phenoxy) is 1. The number of hydrogen-bond acceptors (Lipinski definition) is 2. The normalized spacial score (nSPS) is 24.6. The Morgan fingerprint density at radius 3 is 2.41 bits per heavy atom. The fraction of sp³-hybridized carbons (Fsp3) is 0.867. The van der Waals surface area contributed by atoms with Gasteiger partial charge in [-0.3, -0.25) is 0 Å². The third-order valence-electron chi connectivity index (χ3n) is 4.12. The molecule has 2 aliphatic rings. The van der Waals surface area contributed by atoms with Gasteiger partial charge in [-0.25, -0.2) is 0 Å². The SMILES string of the molecule is C#CC1(OCCCN2CCCC2)CCCCC1. The monoisotopic (exact) mass is 235 g/mol. The van der Waals surface area contributed by atoms with Gasteiger partial charge in [0.1, 0.15) is 5.60 Å². The molecule has 0 aromatic heterocycles. The molecule has 0 spiro atoms. The van der Waals surface area contributed by atoms with E-state index in [0.717, 1.165) is 25.9 Å². The first kappa shape index (κ1) is 12.9. The molecular weight excluding hydrogens is 210 g/mol. The molecule has 2 rings (SSSR count). The second-order valence-electron chi connectivity index (χ2n) is 5.45. The fourth-order valence-corrected chi connectivity index (χ4v) is 3.02. The van der Waals surface area contributed by atoms with Crippen LogP contribution in [0, 0.1) is 12.3 Å². The Labute approximate surface area is 106 Å². The van der Waals surface area contributed by atoms with Crippen LogP contribution in [0.5, 0.6) is 0 Å². The zero-order valence-corrected chi connectivity index (χ0v) is 10.9. The highest BCUT2D eigenvalue weighted by molar-refractivity contribution is 5.09. The van der Waals surface area contributed by atoms with Gasteiger partial charge in [0.2, 0.25) is 0 Å². The van der Waals surface area contributed by atoms with Gasteiger partial charge in [0.15, 0.2) is 0 Å². The third-order valence-corrected chi connectivity index (χ3v) is 4.12. The highest BCUT2D eigenvalue weighted by Crippen LogP contribution is 2.31. The summed E-state index contributed by atoms with van der Waals surface area (Å²) < 4.78 is 6.02. The summed E-state index contributed by atoms with van der Waals surface area (Å²) in [7, 11) is 0. The van der Waals surface area contributed by atoms with Crippen LogP contribution in [0.25, 0.3) is 0 Å². The average molecular weight is 235 g/mol. The van der Waals surface area contributed by atoms with Gasteiger partial charge in [0.25, 0.3) is 0 Å². The minimum absolute atomic E-state index is 0.219. The first-order valence-corrected chi connectivity index (χ1v) is 7.19. The van der Waals surface area contributed by atoms with Gasteiger partial charge in [-0.1, -0.05) is 12.3 Å². The van der Waals surface area contributed by atoms with E-state index in [2.05, 4.69) is 10.8 Å². The first-order valence-electron chi connectivity index (χ1n) is 7.19. The standard InChI is InChI=1S/C15H25NO/c1-2-15(9-4-3-5-10-15)17-14-8-13-16-11-6-7-12-16/h1H,3-14H2. The number of rotatable bonds is 5. The van der Waals surface area contributed by atoms with Gasteiger partial charge in [-0.05, 0) is 58.0 Å². The molecule has 1 aliphatic heterocycles. The molecule has 96 valence electrons. The topological polar surface area (TPSA) is 12.5 Å². The van der Waals surface area contributed by atoms with Crippen LogP contribution in [0.3, 0.4) is 0 Å². The van der Waals surface area contributed by atoms with E-state index in [1.165, 1.54) is 51.7 Å². The summed E-state index contributed by atoms with van der Waals surface area (Å²) in [6.07, 6.45) is 15.4. The largest absolute Gasteiger partial charge is 0.362 e. The third kappa shape index (κ3) is 3.72. The Bertz CT molecular complexity index is 257. The molecule has 17 heavy (non-hydrogen) atoms. The van der Waals surface area contributed by atoms with Gasteiger partial charge >= 0.3 is 0 Å². The van der Waals surface area contributed by atoms with Gasteiger partial charge in [-0.2, -0.15) is 0 Å². The Morgan fingerprint density at radius 2 is 1.76 bits per heavy atom. The van der Waals surface area contributed by atoms with E-state index in [1.54, 1.807) is 0 Å². The average Bonchev–Trinajstić information content (AvgIpc) is 2.89. The molecule has 0 N–H and O–H groups in total. The molecule has 0 atom stereocenters. The van der Waals surface area contributed by atoms with Gasteiger partial charge < -0.3 is 9.64 Å². The smallest absolute Gasteiger partial charge is 0.128 e. The van der Waals surface area contributed by atoms with Gasteiger partial charge in [0.05, 0.1) is 0 Å². The molecule has 2 fully saturated rings. The second-order valence-corrected chi connectivity index (χ2v) is 5.45. The van der Waals surface area contributed by atoms with E-state index in [0.29, 0.717) is 0 Å². The molecule has 2 heteroatoms. The number of hydrogen-bond donors (Lipinski definition) is 0. The van der Waals surface area contributed by atoms with E-state index in [-0.39, 0.29) is 5.60 Å². The molecule has 1 saturated heterocycles. The molecule has 1 aliphatic carbocycles. The minimum Gasteiger partial charge on any atom is -0.362 e. The predicted molar refractivity (Wildman–Crippen MR) is 70.9 cm³/mol. The van der Waals surface area contributed by atoms with Crippen molar-refractivity contribution in [1.29, 1.82) is 0 Å². The molecule has 2 nitrogen and oxygen atoms in total. The Kier molecular flexibility index (Phi) is 4.88. The quantitative estimate of drug-likeness (QED) is 0.537. The van der Waals surface area contributed by atoms with E-state index < -0.39 is 0 Å². The molecule has 0 radical (unpaired) electrons. The van der Waals surface area contributed by atoms with Gasteiger partial charge in [-0.15, -0.1) is 6.42 Å². The molecular formula is C15H25NO. The zero-order chi connectivity index (χ0) is 12.0. The number of nitrogens with zero attached hydrogens (tertiary/aromatic N) is 1. The van der Waals surface area contributed by atoms with Crippen molar-refractivity contribution in [2.24, 2.45) is 0 Å². The maximum Gasteiger partial charge on any atom is 0.128 e. The Morgan fingerprint density at radius 1 is 1.06 bits per heavy atom.